The average molecular weight is 442 g/mol. The molecule has 6 heteroatoms. The molecule has 3 N–H and O–H groups in total. The lowest BCUT2D eigenvalue weighted by Gasteiger charge is -2.21. The Bertz CT molecular complexity index is 1360. The summed E-state index contributed by atoms with van der Waals surface area (Å²) in [4.78, 5) is 27.1. The molecule has 0 aliphatic heterocycles. The number of anilines is 2. The largest absolute Gasteiger partial charge is 0.495 e. The molecule has 1 heterocycles. The maximum Gasteiger partial charge on any atom is 0.323 e. The number of aromatic amines is 1. The van der Waals surface area contributed by atoms with E-state index >= 15 is 0 Å². The summed E-state index contributed by atoms with van der Waals surface area (Å²) in [6.45, 7) is 6.36. The topological polar surface area (TPSA) is 83.2 Å². The SMILES string of the molecule is COc1ccc(C(C)(C)C)cc1NC(=O)Nc1ccc(-c2ccc(=O)[nH]c2)c2ccccc12. The summed E-state index contributed by atoms with van der Waals surface area (Å²) in [6, 6.07) is 20.4. The molecule has 3 aromatic carbocycles. The van der Waals surface area contributed by atoms with Gasteiger partial charge in [0, 0.05) is 17.6 Å². The molecule has 4 rings (SSSR count). The lowest BCUT2D eigenvalue weighted by molar-refractivity contribution is 0.262. The number of ether oxygens (including phenoxy) is 1. The number of amides is 2. The Morgan fingerprint density at radius 1 is 0.879 bits per heavy atom. The van der Waals surface area contributed by atoms with E-state index in [1.807, 2.05) is 54.6 Å². The normalized spacial score (nSPS) is 11.3. The monoisotopic (exact) mass is 441 g/mol. The Morgan fingerprint density at radius 2 is 1.61 bits per heavy atom. The second-order valence-corrected chi connectivity index (χ2v) is 8.89. The molecule has 0 unspecified atom stereocenters. The third kappa shape index (κ3) is 4.75. The summed E-state index contributed by atoms with van der Waals surface area (Å²) in [5, 5.41) is 7.75. The van der Waals surface area contributed by atoms with E-state index in [1.165, 1.54) is 6.07 Å². The van der Waals surface area contributed by atoms with E-state index in [0.717, 1.165) is 27.5 Å². The summed E-state index contributed by atoms with van der Waals surface area (Å²) >= 11 is 0. The van der Waals surface area contributed by atoms with Crippen molar-refractivity contribution in [3.05, 3.63) is 88.8 Å². The summed E-state index contributed by atoms with van der Waals surface area (Å²) in [5.41, 5.74) is 4.03. The number of carbonyl (C=O) groups is 1. The summed E-state index contributed by atoms with van der Waals surface area (Å²) < 4.78 is 5.44. The Labute approximate surface area is 192 Å². The van der Waals surface area contributed by atoms with Crippen molar-refractivity contribution >= 4 is 28.2 Å². The van der Waals surface area contributed by atoms with E-state index in [-0.39, 0.29) is 17.0 Å². The lowest BCUT2D eigenvalue weighted by Crippen LogP contribution is -2.21. The van der Waals surface area contributed by atoms with E-state index in [0.29, 0.717) is 17.1 Å². The molecular formula is C27H27N3O3. The van der Waals surface area contributed by atoms with Crippen LogP contribution in [0.25, 0.3) is 21.9 Å². The quantitative estimate of drug-likeness (QED) is 0.355. The number of hydrogen-bond donors (Lipinski definition) is 3. The van der Waals surface area contributed by atoms with Crippen LogP contribution in [0.15, 0.2) is 77.7 Å². The molecule has 0 fully saturated rings. The number of H-pyrrole nitrogens is 1. The van der Waals surface area contributed by atoms with Gasteiger partial charge in [-0.3, -0.25) is 4.79 Å². The Kier molecular flexibility index (Phi) is 5.92. The Hall–Kier alpha value is -4.06. The molecule has 0 saturated heterocycles. The van der Waals surface area contributed by atoms with Gasteiger partial charge in [0.1, 0.15) is 5.75 Å². The summed E-state index contributed by atoms with van der Waals surface area (Å²) in [6.07, 6.45) is 1.69. The minimum atomic E-state index is -0.360. The number of carbonyl (C=O) groups excluding carboxylic acids is 1. The number of fused-ring (bicyclic) bond motifs is 1. The van der Waals surface area contributed by atoms with Gasteiger partial charge in [0.05, 0.1) is 18.5 Å². The van der Waals surface area contributed by atoms with Crippen molar-refractivity contribution in [2.75, 3.05) is 17.7 Å². The molecular weight excluding hydrogens is 414 g/mol. The minimum absolute atomic E-state index is 0.0626. The van der Waals surface area contributed by atoms with Crippen LogP contribution in [0.3, 0.4) is 0 Å². The standard InChI is InChI=1S/C27H27N3O3/c1-27(2,3)18-10-13-24(33-4)23(15-18)30-26(32)29-22-12-11-19(17-9-14-25(31)28-16-17)20-7-5-6-8-21(20)22/h5-16H,1-4H3,(H,28,31)(H2,29,30,32). The zero-order valence-electron chi connectivity index (χ0n) is 19.2. The molecule has 0 aliphatic carbocycles. The lowest BCUT2D eigenvalue weighted by atomic mass is 9.87. The van der Waals surface area contributed by atoms with E-state index in [1.54, 1.807) is 19.4 Å². The molecule has 6 nitrogen and oxygen atoms in total. The van der Waals surface area contributed by atoms with Crippen molar-refractivity contribution in [2.24, 2.45) is 0 Å². The van der Waals surface area contributed by atoms with Crippen LogP contribution in [0.5, 0.6) is 5.75 Å². The molecule has 33 heavy (non-hydrogen) atoms. The van der Waals surface area contributed by atoms with Crippen molar-refractivity contribution in [1.29, 1.82) is 0 Å². The number of rotatable bonds is 4. The highest BCUT2D eigenvalue weighted by atomic mass is 16.5. The fourth-order valence-electron chi connectivity index (χ4n) is 3.79. The molecule has 0 saturated carbocycles. The van der Waals surface area contributed by atoms with Gasteiger partial charge in [0.2, 0.25) is 5.56 Å². The molecule has 4 aromatic rings. The number of hydrogen-bond acceptors (Lipinski definition) is 3. The maximum absolute atomic E-state index is 12.9. The van der Waals surface area contributed by atoms with Crippen molar-refractivity contribution in [1.82, 2.24) is 4.98 Å². The highest BCUT2D eigenvalue weighted by Gasteiger charge is 2.17. The van der Waals surface area contributed by atoms with E-state index in [4.69, 9.17) is 4.74 Å². The first-order valence-corrected chi connectivity index (χ1v) is 10.7. The van der Waals surface area contributed by atoms with Crippen LogP contribution in [0.2, 0.25) is 0 Å². The van der Waals surface area contributed by atoms with Crippen molar-refractivity contribution in [3.63, 3.8) is 0 Å². The van der Waals surface area contributed by atoms with E-state index in [9.17, 15) is 9.59 Å². The van der Waals surface area contributed by atoms with Crippen LogP contribution in [0.4, 0.5) is 16.2 Å². The van der Waals surface area contributed by atoms with Crippen molar-refractivity contribution in [3.8, 4) is 16.9 Å². The van der Waals surface area contributed by atoms with Gasteiger partial charge in [-0.1, -0.05) is 57.2 Å². The third-order valence-corrected chi connectivity index (χ3v) is 5.58. The fourth-order valence-corrected chi connectivity index (χ4v) is 3.79. The Morgan fingerprint density at radius 3 is 2.27 bits per heavy atom. The first-order chi connectivity index (χ1) is 15.8. The second-order valence-electron chi connectivity index (χ2n) is 8.89. The fraction of sp³-hybridized carbons (Fsp3) is 0.185. The van der Waals surface area contributed by atoms with Crippen LogP contribution < -0.4 is 20.9 Å². The smallest absolute Gasteiger partial charge is 0.323 e. The molecule has 2 amide bonds. The predicted molar refractivity (Wildman–Crippen MR) is 134 cm³/mol. The van der Waals surface area contributed by atoms with Gasteiger partial charge in [-0.25, -0.2) is 4.79 Å². The van der Waals surface area contributed by atoms with E-state index in [2.05, 4.69) is 36.4 Å². The number of benzene rings is 3. The van der Waals surface area contributed by atoms with E-state index < -0.39 is 0 Å². The highest BCUT2D eigenvalue weighted by molar-refractivity contribution is 6.10. The highest BCUT2D eigenvalue weighted by Crippen LogP contribution is 2.34. The Balaban J connectivity index is 1.65. The van der Waals surface area contributed by atoms with Crippen LogP contribution in [0, 0.1) is 0 Å². The molecule has 0 radical (unpaired) electrons. The third-order valence-electron chi connectivity index (χ3n) is 5.58. The van der Waals surface area contributed by atoms with Crippen LogP contribution in [0.1, 0.15) is 26.3 Å². The zero-order chi connectivity index (χ0) is 23.6. The first-order valence-electron chi connectivity index (χ1n) is 10.7. The van der Waals surface area contributed by atoms with Gasteiger partial charge >= 0.3 is 6.03 Å². The van der Waals surface area contributed by atoms with Crippen LogP contribution in [-0.2, 0) is 5.41 Å². The van der Waals surface area contributed by atoms with Gasteiger partial charge in [0.15, 0.2) is 0 Å². The van der Waals surface area contributed by atoms with Gasteiger partial charge in [0.25, 0.3) is 0 Å². The summed E-state index contributed by atoms with van der Waals surface area (Å²) in [5.74, 6) is 0.594. The summed E-state index contributed by atoms with van der Waals surface area (Å²) in [7, 11) is 1.58. The first kappa shape index (κ1) is 22.1. The number of urea groups is 1. The molecule has 0 aliphatic rings. The number of pyridine rings is 1. The minimum Gasteiger partial charge on any atom is -0.495 e. The van der Waals surface area contributed by atoms with Gasteiger partial charge in [-0.15, -0.1) is 0 Å². The second kappa shape index (κ2) is 8.82. The van der Waals surface area contributed by atoms with Crippen LogP contribution >= 0.6 is 0 Å². The molecule has 1 aromatic heterocycles. The van der Waals surface area contributed by atoms with Crippen LogP contribution in [-0.4, -0.2) is 18.1 Å². The van der Waals surface area contributed by atoms with Gasteiger partial charge in [-0.05, 0) is 51.8 Å². The number of aromatic nitrogens is 1. The number of methoxy groups -OCH3 is 1. The van der Waals surface area contributed by atoms with Gasteiger partial charge < -0.3 is 20.4 Å². The zero-order valence-corrected chi connectivity index (χ0v) is 19.2. The average Bonchev–Trinajstić information content (AvgIpc) is 2.79. The molecule has 0 spiro atoms. The predicted octanol–water partition coefficient (Wildman–Crippen LogP) is 6.15. The molecule has 0 atom stereocenters. The molecule has 0 bridgehead atoms. The van der Waals surface area contributed by atoms with Gasteiger partial charge in [-0.2, -0.15) is 0 Å². The van der Waals surface area contributed by atoms with Crippen molar-refractivity contribution in [2.45, 2.75) is 26.2 Å². The number of nitrogens with one attached hydrogen (secondary N) is 3. The molecule has 168 valence electrons. The maximum atomic E-state index is 12.9. The van der Waals surface area contributed by atoms with Crippen molar-refractivity contribution < 1.29 is 9.53 Å².